The second-order valence-electron chi connectivity index (χ2n) is 4.63. The van der Waals surface area contributed by atoms with Crippen LogP contribution >= 0.6 is 0 Å². The van der Waals surface area contributed by atoms with Gasteiger partial charge in [-0.15, -0.1) is 10.2 Å². The molecule has 1 heterocycles. The fourth-order valence-corrected chi connectivity index (χ4v) is 1.54. The van der Waals surface area contributed by atoms with Crippen LogP contribution in [-0.2, 0) is 18.4 Å². The molecule has 0 aliphatic rings. The van der Waals surface area contributed by atoms with Crippen molar-refractivity contribution in [3.8, 4) is 0 Å². The van der Waals surface area contributed by atoms with Crippen LogP contribution in [0.2, 0.25) is 0 Å². The maximum atomic E-state index is 10.8. The number of carboxylic acids is 1. The highest BCUT2D eigenvalue weighted by molar-refractivity contribution is 5.69. The van der Waals surface area contributed by atoms with Gasteiger partial charge >= 0.3 is 5.97 Å². The second kappa shape index (κ2) is 6.46. The summed E-state index contributed by atoms with van der Waals surface area (Å²) in [5.74, 6) is 0.785. The number of aliphatic carboxylic acids is 1. The van der Waals surface area contributed by atoms with E-state index in [4.69, 9.17) is 5.11 Å². The van der Waals surface area contributed by atoms with Gasteiger partial charge in [-0.3, -0.25) is 9.69 Å². The Kier molecular flexibility index (Phi) is 5.24. The number of likely N-dealkylation sites (N-methyl/N-ethyl adjacent to an activating group) is 1. The Balaban J connectivity index is 2.65. The van der Waals surface area contributed by atoms with Crippen LogP contribution in [0.5, 0.6) is 0 Å². The van der Waals surface area contributed by atoms with E-state index < -0.39 is 5.97 Å². The summed E-state index contributed by atoms with van der Waals surface area (Å²) in [6.45, 7) is 3.88. The van der Waals surface area contributed by atoms with Gasteiger partial charge in [0.25, 0.3) is 0 Å². The third-order valence-corrected chi connectivity index (χ3v) is 2.77. The van der Waals surface area contributed by atoms with E-state index in [0.29, 0.717) is 13.1 Å². The summed E-state index contributed by atoms with van der Waals surface area (Å²) in [4.78, 5) is 14.7. The van der Waals surface area contributed by atoms with Crippen LogP contribution < -0.4 is 0 Å². The molecule has 7 heteroatoms. The molecule has 0 aliphatic carbocycles. The number of carbonyl (C=O) groups is 1. The van der Waals surface area contributed by atoms with Gasteiger partial charge in [0.15, 0.2) is 0 Å². The van der Waals surface area contributed by atoms with E-state index in [9.17, 15) is 4.79 Å². The van der Waals surface area contributed by atoms with Gasteiger partial charge < -0.3 is 14.6 Å². The van der Waals surface area contributed by atoms with Gasteiger partial charge in [-0.1, -0.05) is 0 Å². The monoisotopic (exact) mass is 255 g/mol. The Hall–Kier alpha value is -1.47. The standard InChI is InChI=1S/C11H21N5O2/c1-9-12-13-10(15(9)4)7-16(8-11(17)18)6-5-14(2)3/h5-8H2,1-4H3,(H,17,18). The fraction of sp³-hybridized carbons (Fsp3) is 0.727. The van der Waals surface area contributed by atoms with Crippen molar-refractivity contribution in [2.45, 2.75) is 13.5 Å². The van der Waals surface area contributed by atoms with Gasteiger partial charge in [-0.25, -0.2) is 0 Å². The van der Waals surface area contributed by atoms with Gasteiger partial charge in [0.1, 0.15) is 11.6 Å². The largest absolute Gasteiger partial charge is 0.480 e. The van der Waals surface area contributed by atoms with Crippen molar-refractivity contribution in [1.82, 2.24) is 24.6 Å². The Bertz CT molecular complexity index is 402. The first kappa shape index (κ1) is 14.6. The van der Waals surface area contributed by atoms with E-state index in [1.165, 1.54) is 0 Å². The van der Waals surface area contributed by atoms with Crippen LogP contribution in [0.1, 0.15) is 11.6 Å². The summed E-state index contributed by atoms with van der Waals surface area (Å²) in [5, 5.41) is 16.9. The normalized spacial score (nSPS) is 11.4. The number of carboxylic acid groups (broad SMARTS) is 1. The number of rotatable bonds is 7. The van der Waals surface area contributed by atoms with Gasteiger partial charge in [0.2, 0.25) is 0 Å². The van der Waals surface area contributed by atoms with Gasteiger partial charge in [0.05, 0.1) is 13.1 Å². The average molecular weight is 255 g/mol. The predicted molar refractivity (Wildman–Crippen MR) is 67.2 cm³/mol. The maximum Gasteiger partial charge on any atom is 0.317 e. The van der Waals surface area contributed by atoms with Gasteiger partial charge in [0, 0.05) is 20.1 Å². The molecule has 0 aromatic carbocycles. The molecule has 18 heavy (non-hydrogen) atoms. The molecular weight excluding hydrogens is 234 g/mol. The molecule has 0 amide bonds. The average Bonchev–Trinajstić information content (AvgIpc) is 2.57. The molecule has 0 bridgehead atoms. The van der Waals surface area contributed by atoms with E-state index in [1.54, 1.807) is 0 Å². The van der Waals surface area contributed by atoms with Crippen molar-refractivity contribution < 1.29 is 9.90 Å². The van der Waals surface area contributed by atoms with E-state index in [1.807, 2.05) is 42.4 Å². The topological polar surface area (TPSA) is 74.5 Å². The number of aromatic nitrogens is 3. The molecule has 1 aromatic heterocycles. The minimum absolute atomic E-state index is 0.0136. The Morgan fingerprint density at radius 3 is 2.44 bits per heavy atom. The van der Waals surface area contributed by atoms with Crippen molar-refractivity contribution in [2.24, 2.45) is 7.05 Å². The van der Waals surface area contributed by atoms with Crippen molar-refractivity contribution in [2.75, 3.05) is 33.7 Å². The molecule has 0 saturated carbocycles. The van der Waals surface area contributed by atoms with E-state index in [0.717, 1.165) is 18.2 Å². The first-order valence-corrected chi connectivity index (χ1v) is 5.84. The zero-order valence-electron chi connectivity index (χ0n) is 11.4. The SMILES string of the molecule is Cc1nnc(CN(CCN(C)C)CC(=O)O)n1C. The van der Waals surface area contributed by atoms with Crippen molar-refractivity contribution in [1.29, 1.82) is 0 Å². The molecule has 0 saturated heterocycles. The van der Waals surface area contributed by atoms with Crippen LogP contribution in [0.4, 0.5) is 0 Å². The molecule has 0 spiro atoms. The van der Waals surface area contributed by atoms with Gasteiger partial charge in [-0.2, -0.15) is 0 Å². The van der Waals surface area contributed by atoms with Crippen molar-refractivity contribution in [3.05, 3.63) is 11.6 Å². The lowest BCUT2D eigenvalue weighted by Crippen LogP contribution is -2.35. The molecule has 1 N–H and O–H groups in total. The number of hydrogen-bond donors (Lipinski definition) is 1. The molecule has 7 nitrogen and oxygen atoms in total. The molecule has 0 atom stereocenters. The summed E-state index contributed by atoms with van der Waals surface area (Å²) in [5.41, 5.74) is 0. The lowest BCUT2D eigenvalue weighted by atomic mass is 10.4. The number of nitrogens with zero attached hydrogens (tertiary/aromatic N) is 5. The number of hydrogen-bond acceptors (Lipinski definition) is 5. The lowest BCUT2D eigenvalue weighted by molar-refractivity contribution is -0.138. The highest BCUT2D eigenvalue weighted by Gasteiger charge is 2.14. The fourth-order valence-electron chi connectivity index (χ4n) is 1.54. The van der Waals surface area contributed by atoms with Crippen molar-refractivity contribution >= 4 is 5.97 Å². The summed E-state index contributed by atoms with van der Waals surface area (Å²) in [6.07, 6.45) is 0. The van der Waals surface area contributed by atoms with Crippen molar-refractivity contribution in [3.63, 3.8) is 0 Å². The third kappa shape index (κ3) is 4.42. The Morgan fingerprint density at radius 1 is 1.33 bits per heavy atom. The van der Waals surface area contributed by atoms with E-state index in [2.05, 4.69) is 10.2 Å². The summed E-state index contributed by atoms with van der Waals surface area (Å²) < 4.78 is 1.88. The molecule has 0 unspecified atom stereocenters. The quantitative estimate of drug-likeness (QED) is 0.713. The zero-order chi connectivity index (χ0) is 13.7. The zero-order valence-corrected chi connectivity index (χ0v) is 11.4. The first-order valence-electron chi connectivity index (χ1n) is 5.84. The molecule has 0 radical (unpaired) electrons. The molecule has 0 fully saturated rings. The van der Waals surface area contributed by atoms with Crippen LogP contribution in [0.3, 0.4) is 0 Å². The van der Waals surface area contributed by atoms with Crippen LogP contribution in [-0.4, -0.2) is 69.4 Å². The Labute approximate surface area is 107 Å². The highest BCUT2D eigenvalue weighted by atomic mass is 16.4. The lowest BCUT2D eigenvalue weighted by Gasteiger charge is -2.21. The minimum Gasteiger partial charge on any atom is -0.480 e. The van der Waals surface area contributed by atoms with Crippen LogP contribution in [0, 0.1) is 6.92 Å². The van der Waals surface area contributed by atoms with E-state index >= 15 is 0 Å². The molecule has 0 aliphatic heterocycles. The number of aryl methyl sites for hydroxylation is 1. The van der Waals surface area contributed by atoms with Crippen LogP contribution in [0.15, 0.2) is 0 Å². The minimum atomic E-state index is -0.826. The Morgan fingerprint density at radius 2 is 2.00 bits per heavy atom. The predicted octanol–water partition coefficient (Wildman–Crippen LogP) is -0.428. The van der Waals surface area contributed by atoms with E-state index in [-0.39, 0.29) is 6.54 Å². The molecule has 1 rings (SSSR count). The van der Waals surface area contributed by atoms with Gasteiger partial charge in [-0.05, 0) is 21.0 Å². The third-order valence-electron chi connectivity index (χ3n) is 2.77. The molecular formula is C11H21N5O2. The summed E-state index contributed by atoms with van der Waals surface area (Å²) in [7, 11) is 5.81. The second-order valence-corrected chi connectivity index (χ2v) is 4.63. The first-order chi connectivity index (χ1) is 8.40. The molecule has 1 aromatic rings. The molecule has 102 valence electrons. The smallest absolute Gasteiger partial charge is 0.317 e. The van der Waals surface area contributed by atoms with Crippen LogP contribution in [0.25, 0.3) is 0 Å². The highest BCUT2D eigenvalue weighted by Crippen LogP contribution is 2.03. The summed E-state index contributed by atoms with van der Waals surface area (Å²) >= 11 is 0. The maximum absolute atomic E-state index is 10.8. The summed E-state index contributed by atoms with van der Waals surface area (Å²) in [6, 6.07) is 0.